The predicted molar refractivity (Wildman–Crippen MR) is 111 cm³/mol. The van der Waals surface area contributed by atoms with Crippen molar-refractivity contribution in [3.05, 3.63) is 65.2 Å². The highest BCUT2D eigenvalue weighted by molar-refractivity contribution is 5.92. The number of benzene rings is 2. The summed E-state index contributed by atoms with van der Waals surface area (Å²) in [6, 6.07) is 15.6. The monoisotopic (exact) mass is 395 g/mol. The largest absolute Gasteiger partial charge is 0.496 e. The number of ether oxygens (including phenoxy) is 2. The Morgan fingerprint density at radius 2 is 1.97 bits per heavy atom. The van der Waals surface area contributed by atoms with E-state index < -0.39 is 11.6 Å². The summed E-state index contributed by atoms with van der Waals surface area (Å²) >= 11 is 0. The van der Waals surface area contributed by atoms with Crippen LogP contribution in [0.5, 0.6) is 5.75 Å². The zero-order valence-electron chi connectivity index (χ0n) is 17.1. The summed E-state index contributed by atoms with van der Waals surface area (Å²) in [6.45, 7) is 3.19. The fraction of sp³-hybridized carbons (Fsp3) is 0.458. The zero-order valence-corrected chi connectivity index (χ0v) is 17.1. The molecule has 2 aliphatic heterocycles. The van der Waals surface area contributed by atoms with Gasteiger partial charge in [0.25, 0.3) is 0 Å². The molecule has 5 heteroatoms. The third kappa shape index (κ3) is 3.77. The molecule has 2 aliphatic rings. The molecule has 29 heavy (non-hydrogen) atoms. The lowest BCUT2D eigenvalue weighted by atomic mass is 9.71. The molecule has 2 aromatic carbocycles. The number of carbonyl (C=O) groups is 1. The molecule has 0 spiro atoms. The Morgan fingerprint density at radius 1 is 1.17 bits per heavy atom. The second kappa shape index (κ2) is 8.17. The van der Waals surface area contributed by atoms with Crippen molar-refractivity contribution >= 4 is 5.97 Å². The van der Waals surface area contributed by atoms with E-state index in [4.69, 9.17) is 9.47 Å². The lowest BCUT2D eigenvalue weighted by molar-refractivity contribution is -0.0495. The SMILES string of the molecule is COC(=O)c1cc(CCC(O)(c2ccccc2)C2CN3CCC2C3)ccc1OC. The second-order valence-electron chi connectivity index (χ2n) is 8.23. The summed E-state index contributed by atoms with van der Waals surface area (Å²) in [5, 5.41) is 11.9. The molecular formula is C24H29NO4. The third-order valence-corrected chi connectivity index (χ3v) is 6.68. The number of piperidine rings is 1. The molecule has 2 saturated heterocycles. The van der Waals surface area contributed by atoms with E-state index in [2.05, 4.69) is 4.90 Å². The molecule has 2 heterocycles. The van der Waals surface area contributed by atoms with E-state index >= 15 is 0 Å². The lowest BCUT2D eigenvalue weighted by Gasteiger charge is -2.39. The fourth-order valence-electron chi connectivity index (χ4n) is 5.11. The van der Waals surface area contributed by atoms with Crippen LogP contribution in [-0.2, 0) is 16.8 Å². The first kappa shape index (κ1) is 19.9. The summed E-state index contributed by atoms with van der Waals surface area (Å²) in [7, 11) is 2.91. The van der Waals surface area contributed by atoms with E-state index in [0.717, 1.165) is 37.2 Å². The Balaban J connectivity index is 1.60. The Labute approximate surface area is 172 Å². The van der Waals surface area contributed by atoms with Crippen LogP contribution < -0.4 is 4.74 Å². The molecule has 5 nitrogen and oxygen atoms in total. The molecular weight excluding hydrogens is 366 g/mol. The van der Waals surface area contributed by atoms with Gasteiger partial charge in [-0.3, -0.25) is 0 Å². The van der Waals surface area contributed by atoms with Gasteiger partial charge in [0.1, 0.15) is 11.3 Å². The van der Waals surface area contributed by atoms with Crippen molar-refractivity contribution < 1.29 is 19.4 Å². The standard InChI is InChI=1S/C24H29NO4/c1-28-22-9-8-17(14-20(22)23(26)29-2)10-12-24(27,19-6-4-3-5-7-19)21-16-25-13-11-18(21)15-25/h3-9,14,18,21,27H,10-13,15-16H2,1-2H3. The Bertz CT molecular complexity index is 868. The minimum Gasteiger partial charge on any atom is -0.496 e. The number of aliphatic hydroxyl groups is 1. The van der Waals surface area contributed by atoms with Crippen molar-refractivity contribution in [1.82, 2.24) is 4.90 Å². The lowest BCUT2D eigenvalue weighted by Crippen LogP contribution is -2.42. The van der Waals surface area contributed by atoms with Gasteiger partial charge < -0.3 is 19.5 Å². The molecule has 2 aromatic rings. The van der Waals surface area contributed by atoms with Gasteiger partial charge in [0, 0.05) is 19.0 Å². The Kier molecular flexibility index (Phi) is 5.61. The quantitative estimate of drug-likeness (QED) is 0.730. The van der Waals surface area contributed by atoms with Crippen LogP contribution in [0, 0.1) is 11.8 Å². The summed E-state index contributed by atoms with van der Waals surface area (Å²) in [5.41, 5.74) is 1.51. The molecule has 0 aromatic heterocycles. The molecule has 0 radical (unpaired) electrons. The first-order chi connectivity index (χ1) is 14.0. The van der Waals surface area contributed by atoms with E-state index in [9.17, 15) is 9.90 Å². The van der Waals surface area contributed by atoms with Crippen LogP contribution in [0.1, 0.15) is 34.3 Å². The van der Waals surface area contributed by atoms with Crippen molar-refractivity contribution in [1.29, 1.82) is 0 Å². The fourth-order valence-corrected chi connectivity index (χ4v) is 5.11. The highest BCUT2D eigenvalue weighted by atomic mass is 16.5. The summed E-state index contributed by atoms with van der Waals surface area (Å²) in [6.07, 6.45) is 2.44. The van der Waals surface area contributed by atoms with Crippen molar-refractivity contribution in [2.24, 2.45) is 11.8 Å². The van der Waals surface area contributed by atoms with Crippen LogP contribution in [-0.4, -0.2) is 49.8 Å². The molecule has 154 valence electrons. The molecule has 4 unspecified atom stereocenters. The number of hydrogen-bond donors (Lipinski definition) is 1. The molecule has 0 saturated carbocycles. The normalized spacial score (nSPS) is 24.9. The molecule has 0 amide bonds. The van der Waals surface area contributed by atoms with E-state index in [1.807, 2.05) is 42.5 Å². The van der Waals surface area contributed by atoms with Gasteiger partial charge in [-0.2, -0.15) is 0 Å². The van der Waals surface area contributed by atoms with Gasteiger partial charge in [-0.15, -0.1) is 0 Å². The maximum atomic E-state index is 12.1. The van der Waals surface area contributed by atoms with E-state index in [0.29, 0.717) is 30.1 Å². The Hall–Kier alpha value is -2.37. The van der Waals surface area contributed by atoms with Gasteiger partial charge in [0.15, 0.2) is 0 Å². The van der Waals surface area contributed by atoms with Crippen LogP contribution in [0.25, 0.3) is 0 Å². The van der Waals surface area contributed by atoms with Gasteiger partial charge in [-0.25, -0.2) is 4.79 Å². The minimum atomic E-state index is -0.882. The number of methoxy groups -OCH3 is 2. The molecule has 4 atom stereocenters. The Morgan fingerprint density at radius 3 is 2.59 bits per heavy atom. The highest BCUT2D eigenvalue weighted by Gasteiger charge is 2.49. The molecule has 4 rings (SSSR count). The van der Waals surface area contributed by atoms with Crippen molar-refractivity contribution in [3.8, 4) is 5.75 Å². The van der Waals surface area contributed by atoms with Gasteiger partial charge in [-0.1, -0.05) is 36.4 Å². The topological polar surface area (TPSA) is 59.0 Å². The summed E-state index contributed by atoms with van der Waals surface area (Å²) in [4.78, 5) is 14.6. The molecule has 1 N–H and O–H groups in total. The highest BCUT2D eigenvalue weighted by Crippen LogP contribution is 2.46. The molecule has 0 aliphatic carbocycles. The van der Waals surface area contributed by atoms with Gasteiger partial charge in [-0.05, 0) is 55.0 Å². The van der Waals surface area contributed by atoms with Crippen LogP contribution in [0.4, 0.5) is 0 Å². The first-order valence-electron chi connectivity index (χ1n) is 10.3. The summed E-state index contributed by atoms with van der Waals surface area (Å²) < 4.78 is 10.2. The van der Waals surface area contributed by atoms with Crippen LogP contribution in [0.2, 0.25) is 0 Å². The number of aryl methyl sites for hydroxylation is 1. The van der Waals surface area contributed by atoms with Crippen molar-refractivity contribution in [2.45, 2.75) is 24.9 Å². The van der Waals surface area contributed by atoms with E-state index in [1.54, 1.807) is 13.2 Å². The maximum absolute atomic E-state index is 12.1. The maximum Gasteiger partial charge on any atom is 0.341 e. The van der Waals surface area contributed by atoms with Crippen LogP contribution >= 0.6 is 0 Å². The number of nitrogens with zero attached hydrogens (tertiary/aromatic N) is 1. The van der Waals surface area contributed by atoms with Crippen molar-refractivity contribution in [3.63, 3.8) is 0 Å². The van der Waals surface area contributed by atoms with Gasteiger partial charge >= 0.3 is 5.97 Å². The number of esters is 1. The smallest absolute Gasteiger partial charge is 0.341 e. The van der Waals surface area contributed by atoms with Gasteiger partial charge in [0.2, 0.25) is 0 Å². The molecule has 2 fully saturated rings. The second-order valence-corrected chi connectivity index (χ2v) is 8.23. The third-order valence-electron chi connectivity index (χ3n) is 6.68. The zero-order chi connectivity index (χ0) is 20.4. The van der Waals surface area contributed by atoms with Crippen LogP contribution in [0.3, 0.4) is 0 Å². The number of hydrogen-bond acceptors (Lipinski definition) is 5. The average molecular weight is 395 g/mol. The number of rotatable bonds is 7. The average Bonchev–Trinajstić information content (AvgIpc) is 3.41. The van der Waals surface area contributed by atoms with Crippen molar-refractivity contribution in [2.75, 3.05) is 33.9 Å². The number of carbonyl (C=O) groups excluding carboxylic acids is 1. The number of fused-ring (bicyclic) bond motifs is 2. The van der Waals surface area contributed by atoms with E-state index in [1.165, 1.54) is 7.11 Å². The van der Waals surface area contributed by atoms with Gasteiger partial charge in [0.05, 0.1) is 19.8 Å². The predicted octanol–water partition coefficient (Wildman–Crippen LogP) is 3.25. The first-order valence-corrected chi connectivity index (χ1v) is 10.3. The molecule has 2 bridgehead atoms. The van der Waals surface area contributed by atoms with E-state index in [-0.39, 0.29) is 5.92 Å². The summed E-state index contributed by atoms with van der Waals surface area (Å²) in [5.74, 6) is 0.862. The minimum absolute atomic E-state index is 0.233. The van der Waals surface area contributed by atoms with Crippen LogP contribution in [0.15, 0.2) is 48.5 Å².